The Kier molecular flexibility index (Phi) is 4.74. The highest BCUT2D eigenvalue weighted by Gasteiger charge is 2.51. The Balaban J connectivity index is 1.75. The first-order chi connectivity index (χ1) is 9.50. The quantitative estimate of drug-likeness (QED) is 0.713. The standard InChI is InChI=1S/C12H18F2N2O4/c13-10(14)6-20-4-3-15-12(19)16-7-1-2-9(16)8(5-7)11(17)18/h7-10H,1-6H2,(H,15,19)(H,17,18). The lowest BCUT2D eigenvalue weighted by Gasteiger charge is -2.23. The van der Waals surface area contributed by atoms with Gasteiger partial charge >= 0.3 is 12.0 Å². The van der Waals surface area contributed by atoms with Crippen molar-refractivity contribution in [2.24, 2.45) is 5.92 Å². The van der Waals surface area contributed by atoms with Gasteiger partial charge in [-0.3, -0.25) is 4.79 Å². The number of aliphatic carboxylic acids is 1. The van der Waals surface area contributed by atoms with E-state index in [4.69, 9.17) is 5.11 Å². The van der Waals surface area contributed by atoms with Crippen LogP contribution in [0.25, 0.3) is 0 Å². The maximum absolute atomic E-state index is 12.0. The van der Waals surface area contributed by atoms with E-state index in [1.165, 1.54) is 0 Å². The zero-order valence-electron chi connectivity index (χ0n) is 10.9. The second-order valence-electron chi connectivity index (χ2n) is 5.08. The molecule has 3 atom stereocenters. The minimum absolute atomic E-state index is 0.0155. The van der Waals surface area contributed by atoms with Gasteiger partial charge in [0.05, 0.1) is 12.5 Å². The number of hydrogen-bond acceptors (Lipinski definition) is 3. The molecule has 2 rings (SSSR count). The van der Waals surface area contributed by atoms with E-state index in [1.54, 1.807) is 4.90 Å². The normalized spacial score (nSPS) is 28.1. The summed E-state index contributed by atoms with van der Waals surface area (Å²) >= 11 is 0. The molecule has 2 heterocycles. The van der Waals surface area contributed by atoms with Gasteiger partial charge in [-0.25, -0.2) is 13.6 Å². The molecule has 0 spiro atoms. The van der Waals surface area contributed by atoms with Crippen LogP contribution in [0.2, 0.25) is 0 Å². The summed E-state index contributed by atoms with van der Waals surface area (Å²) in [5.74, 6) is -1.36. The number of carboxylic acids is 1. The molecule has 0 aliphatic carbocycles. The van der Waals surface area contributed by atoms with E-state index in [2.05, 4.69) is 10.1 Å². The number of carbonyl (C=O) groups excluding carboxylic acids is 1. The first kappa shape index (κ1) is 15.0. The number of urea groups is 1. The van der Waals surface area contributed by atoms with Crippen molar-refractivity contribution in [3.05, 3.63) is 0 Å². The average Bonchev–Trinajstić information content (AvgIpc) is 2.95. The van der Waals surface area contributed by atoms with Gasteiger partial charge in [0.15, 0.2) is 0 Å². The fourth-order valence-corrected chi connectivity index (χ4v) is 3.06. The van der Waals surface area contributed by atoms with Crippen molar-refractivity contribution in [2.75, 3.05) is 19.8 Å². The summed E-state index contributed by atoms with van der Waals surface area (Å²) in [6.45, 7) is -0.493. The van der Waals surface area contributed by atoms with E-state index in [-0.39, 0.29) is 31.3 Å². The van der Waals surface area contributed by atoms with Gasteiger partial charge in [-0.15, -0.1) is 0 Å². The zero-order valence-corrected chi connectivity index (χ0v) is 10.9. The lowest BCUT2D eigenvalue weighted by molar-refractivity contribution is -0.142. The summed E-state index contributed by atoms with van der Waals surface area (Å²) in [5, 5.41) is 11.7. The molecule has 0 aromatic rings. The Labute approximate surface area is 115 Å². The SMILES string of the molecule is O=C(O)C1CC2CCC1N2C(=O)NCCOCC(F)F. The Morgan fingerprint density at radius 1 is 1.40 bits per heavy atom. The topological polar surface area (TPSA) is 78.9 Å². The Morgan fingerprint density at radius 3 is 2.75 bits per heavy atom. The number of hydrogen-bond donors (Lipinski definition) is 2. The highest BCUT2D eigenvalue weighted by Crippen LogP contribution is 2.41. The molecule has 2 bridgehead atoms. The van der Waals surface area contributed by atoms with E-state index in [0.29, 0.717) is 12.8 Å². The number of carbonyl (C=O) groups is 2. The summed E-state index contributed by atoms with van der Waals surface area (Å²) in [6.07, 6.45) is -0.493. The van der Waals surface area contributed by atoms with Crippen LogP contribution in [0.3, 0.4) is 0 Å². The van der Waals surface area contributed by atoms with E-state index in [9.17, 15) is 18.4 Å². The fraction of sp³-hybridized carbons (Fsp3) is 0.833. The van der Waals surface area contributed by atoms with Gasteiger partial charge in [-0.1, -0.05) is 0 Å². The number of nitrogens with zero attached hydrogens (tertiary/aromatic N) is 1. The van der Waals surface area contributed by atoms with Crippen LogP contribution in [0.15, 0.2) is 0 Å². The highest BCUT2D eigenvalue weighted by molar-refractivity contribution is 5.79. The molecule has 0 radical (unpaired) electrons. The number of amides is 2. The summed E-state index contributed by atoms with van der Waals surface area (Å²) in [5.41, 5.74) is 0. The molecule has 0 saturated carbocycles. The molecule has 2 amide bonds. The molecule has 0 aromatic heterocycles. The number of fused-ring (bicyclic) bond motifs is 2. The monoisotopic (exact) mass is 292 g/mol. The largest absolute Gasteiger partial charge is 0.481 e. The minimum Gasteiger partial charge on any atom is -0.481 e. The smallest absolute Gasteiger partial charge is 0.318 e. The van der Waals surface area contributed by atoms with Gasteiger partial charge in [-0.2, -0.15) is 0 Å². The van der Waals surface area contributed by atoms with Gasteiger partial charge in [-0.05, 0) is 19.3 Å². The number of nitrogens with one attached hydrogen (secondary N) is 1. The number of halogens is 2. The van der Waals surface area contributed by atoms with E-state index in [1.807, 2.05) is 0 Å². The minimum atomic E-state index is -2.52. The van der Waals surface area contributed by atoms with Crippen molar-refractivity contribution in [2.45, 2.75) is 37.8 Å². The molecule has 6 nitrogen and oxygen atoms in total. The molecule has 20 heavy (non-hydrogen) atoms. The Morgan fingerprint density at radius 2 is 2.15 bits per heavy atom. The second kappa shape index (κ2) is 6.34. The van der Waals surface area contributed by atoms with Crippen molar-refractivity contribution >= 4 is 12.0 Å². The third-order valence-electron chi connectivity index (χ3n) is 3.85. The number of rotatable bonds is 6. The predicted molar refractivity (Wildman–Crippen MR) is 64.6 cm³/mol. The summed E-state index contributed by atoms with van der Waals surface area (Å²) in [4.78, 5) is 24.7. The molecule has 114 valence electrons. The van der Waals surface area contributed by atoms with E-state index < -0.39 is 24.9 Å². The number of ether oxygens (including phenoxy) is 1. The van der Waals surface area contributed by atoms with Crippen molar-refractivity contribution in [1.29, 1.82) is 0 Å². The lowest BCUT2D eigenvalue weighted by Crippen LogP contribution is -2.45. The Hall–Kier alpha value is -1.44. The van der Waals surface area contributed by atoms with Gasteiger partial charge in [0.1, 0.15) is 6.61 Å². The molecule has 2 fully saturated rings. The predicted octanol–water partition coefficient (Wildman–Crippen LogP) is 0.915. The van der Waals surface area contributed by atoms with Crippen LogP contribution < -0.4 is 5.32 Å². The highest BCUT2D eigenvalue weighted by atomic mass is 19.3. The van der Waals surface area contributed by atoms with Crippen LogP contribution >= 0.6 is 0 Å². The van der Waals surface area contributed by atoms with Crippen molar-refractivity contribution < 1.29 is 28.2 Å². The summed E-state index contributed by atoms with van der Waals surface area (Å²) in [6, 6.07) is -0.607. The lowest BCUT2D eigenvalue weighted by atomic mass is 9.89. The van der Waals surface area contributed by atoms with Crippen LogP contribution in [0.5, 0.6) is 0 Å². The van der Waals surface area contributed by atoms with Crippen molar-refractivity contribution in [3.63, 3.8) is 0 Å². The summed E-state index contributed by atoms with van der Waals surface area (Å²) < 4.78 is 28.3. The van der Waals surface area contributed by atoms with Crippen molar-refractivity contribution in [1.82, 2.24) is 10.2 Å². The molecule has 2 aliphatic rings. The third-order valence-corrected chi connectivity index (χ3v) is 3.85. The third kappa shape index (κ3) is 3.17. The molecular formula is C12H18F2N2O4. The second-order valence-corrected chi connectivity index (χ2v) is 5.08. The molecule has 0 aromatic carbocycles. The molecule has 8 heteroatoms. The molecule has 3 unspecified atom stereocenters. The van der Waals surface area contributed by atoms with Gasteiger partial charge < -0.3 is 20.1 Å². The average molecular weight is 292 g/mol. The van der Waals surface area contributed by atoms with Gasteiger partial charge in [0.2, 0.25) is 0 Å². The van der Waals surface area contributed by atoms with Crippen LogP contribution in [-0.4, -0.2) is 60.3 Å². The first-order valence-electron chi connectivity index (χ1n) is 6.65. The number of carboxylic acid groups (broad SMARTS) is 1. The van der Waals surface area contributed by atoms with E-state index >= 15 is 0 Å². The molecular weight excluding hydrogens is 274 g/mol. The van der Waals surface area contributed by atoms with Gasteiger partial charge in [0.25, 0.3) is 6.43 Å². The van der Waals surface area contributed by atoms with Crippen LogP contribution in [-0.2, 0) is 9.53 Å². The van der Waals surface area contributed by atoms with Crippen LogP contribution in [0, 0.1) is 5.92 Å². The van der Waals surface area contributed by atoms with Crippen molar-refractivity contribution in [3.8, 4) is 0 Å². The summed E-state index contributed by atoms with van der Waals surface area (Å²) in [7, 11) is 0. The number of alkyl halides is 2. The fourth-order valence-electron chi connectivity index (χ4n) is 3.06. The van der Waals surface area contributed by atoms with Gasteiger partial charge in [0, 0.05) is 18.6 Å². The van der Waals surface area contributed by atoms with E-state index in [0.717, 1.165) is 6.42 Å². The maximum atomic E-state index is 12.0. The first-order valence-corrected chi connectivity index (χ1v) is 6.65. The van der Waals surface area contributed by atoms with Crippen LogP contribution in [0.1, 0.15) is 19.3 Å². The maximum Gasteiger partial charge on any atom is 0.318 e. The van der Waals surface area contributed by atoms with Crippen LogP contribution in [0.4, 0.5) is 13.6 Å². The zero-order chi connectivity index (χ0) is 14.7. The molecule has 2 N–H and O–H groups in total. The Bertz CT molecular complexity index is 380. The molecule has 2 saturated heterocycles. The molecule has 2 aliphatic heterocycles.